The third-order valence-corrected chi connectivity index (χ3v) is 2.74. The highest BCUT2D eigenvalue weighted by molar-refractivity contribution is 9.10. The van der Waals surface area contributed by atoms with E-state index >= 15 is 0 Å². The number of hydrogen-bond acceptors (Lipinski definition) is 4. The smallest absolute Gasteiger partial charge is 0.336 e. The molecule has 0 saturated carbocycles. The molecule has 1 heterocycles. The number of rotatable bonds is 1. The van der Waals surface area contributed by atoms with E-state index in [0.29, 0.717) is 11.3 Å². The third-order valence-electron chi connectivity index (χ3n) is 2.25. The van der Waals surface area contributed by atoms with E-state index in [1.54, 1.807) is 18.2 Å². The second kappa shape index (κ2) is 3.66. The number of hydrogen-bond donors (Lipinski definition) is 1. The Morgan fingerprint density at radius 2 is 2.27 bits per heavy atom. The van der Waals surface area contributed by atoms with Gasteiger partial charge < -0.3 is 10.1 Å². The Balaban J connectivity index is 2.38. The van der Waals surface area contributed by atoms with Crippen molar-refractivity contribution in [2.45, 2.75) is 6.04 Å². The Morgan fingerprint density at radius 3 is 2.93 bits per heavy atom. The molecule has 0 aromatic heterocycles. The van der Waals surface area contributed by atoms with Crippen molar-refractivity contribution >= 4 is 33.4 Å². The van der Waals surface area contributed by atoms with Crippen LogP contribution in [0.2, 0.25) is 0 Å². The van der Waals surface area contributed by atoms with Gasteiger partial charge in [0.2, 0.25) is 0 Å². The fourth-order valence-corrected chi connectivity index (χ4v) is 1.87. The molecular formula is C10H8BrNO3. The number of carbonyl (C=O) groups excluding carboxylic acids is 2. The van der Waals surface area contributed by atoms with Crippen LogP contribution in [0.25, 0.3) is 0 Å². The lowest BCUT2D eigenvalue weighted by Crippen LogP contribution is -2.33. The Hall–Kier alpha value is -1.36. The summed E-state index contributed by atoms with van der Waals surface area (Å²) in [6, 6.07) is 4.34. The summed E-state index contributed by atoms with van der Waals surface area (Å²) in [6.07, 6.45) is 0. The van der Waals surface area contributed by atoms with Gasteiger partial charge in [0.1, 0.15) is 0 Å². The molecule has 2 rings (SSSR count). The molecule has 15 heavy (non-hydrogen) atoms. The molecule has 0 fully saturated rings. The number of fused-ring (bicyclic) bond motifs is 1. The van der Waals surface area contributed by atoms with Gasteiger partial charge in [-0.25, -0.2) is 4.79 Å². The van der Waals surface area contributed by atoms with E-state index in [4.69, 9.17) is 0 Å². The SMILES string of the molecule is COC(=O)C1Nc2ccc(Br)cc2C1=O. The molecule has 0 radical (unpaired) electrons. The summed E-state index contributed by atoms with van der Waals surface area (Å²) in [4.78, 5) is 23.0. The number of ketones is 1. The predicted molar refractivity (Wildman–Crippen MR) is 57.9 cm³/mol. The predicted octanol–water partition coefficient (Wildman–Crippen LogP) is 1.60. The topological polar surface area (TPSA) is 55.4 Å². The van der Waals surface area contributed by atoms with Crippen molar-refractivity contribution < 1.29 is 14.3 Å². The molecule has 1 aliphatic heterocycles. The molecule has 0 saturated heterocycles. The molecule has 1 unspecified atom stereocenters. The average Bonchev–Trinajstić information content (AvgIpc) is 2.55. The first-order valence-corrected chi connectivity index (χ1v) is 5.11. The second-order valence-electron chi connectivity index (χ2n) is 3.15. The number of Topliss-reactive ketones (excluding diaryl/α,β-unsaturated/α-hetero) is 1. The van der Waals surface area contributed by atoms with Crippen LogP contribution in [-0.4, -0.2) is 24.9 Å². The molecule has 1 N–H and O–H groups in total. The maximum atomic E-state index is 11.8. The largest absolute Gasteiger partial charge is 0.467 e. The standard InChI is InChI=1S/C10H8BrNO3/c1-15-10(14)8-9(13)6-4-5(11)2-3-7(6)12-8/h2-4,8,12H,1H3. The lowest BCUT2D eigenvalue weighted by Gasteiger charge is -2.05. The third kappa shape index (κ3) is 1.63. The minimum Gasteiger partial charge on any atom is -0.467 e. The fourth-order valence-electron chi connectivity index (χ4n) is 1.51. The van der Waals surface area contributed by atoms with Crippen molar-refractivity contribution in [2.24, 2.45) is 0 Å². The zero-order valence-electron chi connectivity index (χ0n) is 7.91. The average molecular weight is 270 g/mol. The van der Waals surface area contributed by atoms with Crippen LogP contribution in [0.5, 0.6) is 0 Å². The summed E-state index contributed by atoms with van der Waals surface area (Å²) < 4.78 is 5.34. The van der Waals surface area contributed by atoms with E-state index in [1.807, 2.05) is 0 Å². The van der Waals surface area contributed by atoms with Crippen molar-refractivity contribution in [3.8, 4) is 0 Å². The van der Waals surface area contributed by atoms with E-state index in [-0.39, 0.29) is 5.78 Å². The maximum Gasteiger partial charge on any atom is 0.336 e. The molecule has 0 bridgehead atoms. The molecule has 5 heteroatoms. The molecule has 1 aromatic carbocycles. The number of benzene rings is 1. The first kappa shape index (κ1) is 10.2. The second-order valence-corrected chi connectivity index (χ2v) is 4.07. The summed E-state index contributed by atoms with van der Waals surface area (Å²) in [5.74, 6) is -0.814. The van der Waals surface area contributed by atoms with Gasteiger partial charge in [-0.2, -0.15) is 0 Å². The van der Waals surface area contributed by atoms with Crippen LogP contribution in [0.1, 0.15) is 10.4 Å². The summed E-state index contributed by atoms with van der Waals surface area (Å²) >= 11 is 3.27. The monoisotopic (exact) mass is 269 g/mol. The Labute approximate surface area is 94.7 Å². The van der Waals surface area contributed by atoms with Crippen LogP contribution in [0.4, 0.5) is 5.69 Å². The van der Waals surface area contributed by atoms with Crippen LogP contribution >= 0.6 is 15.9 Å². The summed E-state index contributed by atoms with van der Waals surface area (Å²) in [5, 5.41) is 2.82. The Morgan fingerprint density at radius 1 is 1.53 bits per heavy atom. The highest BCUT2D eigenvalue weighted by atomic mass is 79.9. The lowest BCUT2D eigenvalue weighted by atomic mass is 10.1. The van der Waals surface area contributed by atoms with Crippen LogP contribution in [0.3, 0.4) is 0 Å². The van der Waals surface area contributed by atoms with Gasteiger partial charge in [0.15, 0.2) is 11.8 Å². The molecule has 78 valence electrons. The van der Waals surface area contributed by atoms with Gasteiger partial charge in [-0.1, -0.05) is 15.9 Å². The Kier molecular flexibility index (Phi) is 2.48. The molecule has 4 nitrogen and oxygen atoms in total. The molecule has 1 atom stereocenters. The number of halogens is 1. The zero-order valence-corrected chi connectivity index (χ0v) is 9.50. The van der Waals surface area contributed by atoms with Crippen molar-refractivity contribution in [1.82, 2.24) is 0 Å². The molecule has 1 aromatic rings. The van der Waals surface area contributed by atoms with E-state index in [1.165, 1.54) is 7.11 Å². The van der Waals surface area contributed by atoms with Gasteiger partial charge in [0.25, 0.3) is 0 Å². The summed E-state index contributed by atoms with van der Waals surface area (Å²) in [5.41, 5.74) is 1.18. The number of ether oxygens (including phenoxy) is 1. The van der Waals surface area contributed by atoms with Crippen molar-refractivity contribution in [1.29, 1.82) is 0 Å². The van der Waals surface area contributed by atoms with E-state index < -0.39 is 12.0 Å². The maximum absolute atomic E-state index is 11.8. The minimum absolute atomic E-state index is 0.252. The van der Waals surface area contributed by atoms with E-state index in [2.05, 4.69) is 26.0 Å². The van der Waals surface area contributed by atoms with Gasteiger partial charge in [0.05, 0.1) is 7.11 Å². The van der Waals surface area contributed by atoms with Crippen LogP contribution in [0.15, 0.2) is 22.7 Å². The number of anilines is 1. The van der Waals surface area contributed by atoms with E-state index in [0.717, 1.165) is 4.47 Å². The molecule has 0 spiro atoms. The van der Waals surface area contributed by atoms with E-state index in [9.17, 15) is 9.59 Å². The number of methoxy groups -OCH3 is 1. The van der Waals surface area contributed by atoms with Crippen LogP contribution in [0, 0.1) is 0 Å². The van der Waals surface area contributed by atoms with Crippen molar-refractivity contribution in [3.05, 3.63) is 28.2 Å². The van der Waals surface area contributed by atoms with Crippen LogP contribution < -0.4 is 5.32 Å². The first-order valence-electron chi connectivity index (χ1n) is 4.31. The first-order chi connectivity index (χ1) is 7.13. The normalized spacial score (nSPS) is 18.3. The van der Waals surface area contributed by atoms with Crippen molar-refractivity contribution in [3.63, 3.8) is 0 Å². The fraction of sp³-hybridized carbons (Fsp3) is 0.200. The molecule has 0 aliphatic carbocycles. The van der Waals surface area contributed by atoms with Gasteiger partial charge in [-0.15, -0.1) is 0 Å². The number of nitrogens with one attached hydrogen (secondary N) is 1. The number of carbonyl (C=O) groups is 2. The summed E-state index contributed by atoms with van der Waals surface area (Å²) in [6.45, 7) is 0. The van der Waals surface area contributed by atoms with Gasteiger partial charge in [-0.05, 0) is 18.2 Å². The lowest BCUT2D eigenvalue weighted by molar-refractivity contribution is -0.140. The zero-order chi connectivity index (χ0) is 11.0. The highest BCUT2D eigenvalue weighted by Gasteiger charge is 2.36. The molecular weight excluding hydrogens is 262 g/mol. The van der Waals surface area contributed by atoms with Crippen molar-refractivity contribution in [2.75, 3.05) is 12.4 Å². The van der Waals surface area contributed by atoms with Gasteiger partial charge in [0, 0.05) is 15.7 Å². The summed E-state index contributed by atoms with van der Waals surface area (Å²) in [7, 11) is 1.26. The number of esters is 1. The highest BCUT2D eigenvalue weighted by Crippen LogP contribution is 2.28. The quantitative estimate of drug-likeness (QED) is 0.622. The Bertz CT molecular complexity index is 444. The van der Waals surface area contributed by atoms with Gasteiger partial charge in [-0.3, -0.25) is 4.79 Å². The molecule has 0 amide bonds. The van der Waals surface area contributed by atoms with Gasteiger partial charge >= 0.3 is 5.97 Å². The minimum atomic E-state index is -0.903. The van der Waals surface area contributed by atoms with Crippen LogP contribution in [-0.2, 0) is 9.53 Å². The molecule has 1 aliphatic rings.